The fourth-order valence-electron chi connectivity index (χ4n) is 3.28. The van der Waals surface area contributed by atoms with Crippen LogP contribution in [0.15, 0.2) is 23.2 Å². The van der Waals surface area contributed by atoms with Gasteiger partial charge in [0, 0.05) is 24.2 Å². The van der Waals surface area contributed by atoms with Gasteiger partial charge in [-0.3, -0.25) is 4.68 Å². The average molecular weight is 424 g/mol. The van der Waals surface area contributed by atoms with Crippen LogP contribution in [-0.2, 0) is 17.1 Å². The summed E-state index contributed by atoms with van der Waals surface area (Å²) in [4.78, 5) is 0.0998. The normalized spacial score (nSPS) is 14.2. The number of halogens is 1. The lowest BCUT2D eigenvalue weighted by Gasteiger charge is -2.25. The molecule has 0 aliphatic carbocycles. The molecule has 0 fully saturated rings. The van der Waals surface area contributed by atoms with Gasteiger partial charge in [0.05, 0.1) is 11.7 Å². The molecule has 0 radical (unpaired) electrons. The van der Waals surface area contributed by atoms with Crippen molar-refractivity contribution in [3.8, 4) is 0 Å². The highest BCUT2D eigenvalue weighted by Crippen LogP contribution is 2.37. The third kappa shape index (κ3) is 3.80. The molecule has 0 aliphatic rings. The summed E-state index contributed by atoms with van der Waals surface area (Å²) in [6.45, 7) is 7.46. The summed E-state index contributed by atoms with van der Waals surface area (Å²) in [5.74, 6) is -0.119. The van der Waals surface area contributed by atoms with Crippen LogP contribution in [0.3, 0.4) is 0 Å². The molecule has 150 valence electrons. The monoisotopic (exact) mass is 423 g/mol. The standard InChI is InChI=1S/C17H22ClN7O2S/c1-9-6-7-13(18)15(10(9)2)11(3)16(17-19-23-24-20-17)22-28(26,27)14-8-25(5)21-12(14)4/h6-8,11,16,22H,1-5H3,(H,19,20,23,24)/t11-,16+/m1/s1. The highest BCUT2D eigenvalue weighted by molar-refractivity contribution is 7.89. The predicted molar refractivity (Wildman–Crippen MR) is 105 cm³/mol. The molecular formula is C17H22ClN7O2S. The topological polar surface area (TPSA) is 118 Å². The van der Waals surface area contributed by atoms with E-state index in [1.54, 1.807) is 14.0 Å². The van der Waals surface area contributed by atoms with Gasteiger partial charge in [-0.25, -0.2) is 8.42 Å². The first-order chi connectivity index (χ1) is 13.1. The van der Waals surface area contributed by atoms with E-state index in [0.717, 1.165) is 16.7 Å². The third-order valence-corrected chi connectivity index (χ3v) is 6.74. The Bertz CT molecular complexity index is 1090. The quantitative estimate of drug-likeness (QED) is 0.628. The molecule has 0 saturated carbocycles. The van der Waals surface area contributed by atoms with Crippen LogP contribution < -0.4 is 4.72 Å². The van der Waals surface area contributed by atoms with Gasteiger partial charge < -0.3 is 0 Å². The Morgan fingerprint density at radius 2 is 1.96 bits per heavy atom. The largest absolute Gasteiger partial charge is 0.274 e. The molecule has 0 amide bonds. The fraction of sp³-hybridized carbons (Fsp3) is 0.412. The molecule has 2 atom stereocenters. The van der Waals surface area contributed by atoms with E-state index in [0.29, 0.717) is 10.7 Å². The van der Waals surface area contributed by atoms with Crippen molar-refractivity contribution in [1.82, 2.24) is 35.1 Å². The molecule has 9 nitrogen and oxygen atoms in total. The molecule has 0 unspecified atom stereocenters. The van der Waals surface area contributed by atoms with E-state index in [1.165, 1.54) is 10.9 Å². The van der Waals surface area contributed by atoms with Crippen molar-refractivity contribution in [2.75, 3.05) is 0 Å². The molecule has 2 N–H and O–H groups in total. The second-order valence-electron chi connectivity index (χ2n) is 6.81. The summed E-state index contributed by atoms with van der Waals surface area (Å²) in [7, 11) is -2.21. The Morgan fingerprint density at radius 3 is 2.54 bits per heavy atom. The number of hydrogen-bond donors (Lipinski definition) is 2. The van der Waals surface area contributed by atoms with Gasteiger partial charge in [-0.15, -0.1) is 10.2 Å². The fourth-order valence-corrected chi connectivity index (χ4v) is 5.15. The van der Waals surface area contributed by atoms with E-state index in [1.807, 2.05) is 32.9 Å². The maximum atomic E-state index is 13.1. The molecule has 0 saturated heterocycles. The number of nitrogens with zero attached hydrogens (tertiary/aromatic N) is 5. The van der Waals surface area contributed by atoms with Crippen LogP contribution >= 0.6 is 11.6 Å². The molecular weight excluding hydrogens is 402 g/mol. The minimum atomic E-state index is -3.88. The average Bonchev–Trinajstić information content (AvgIpc) is 3.26. The summed E-state index contributed by atoms with van der Waals surface area (Å²) in [5.41, 5.74) is 3.29. The van der Waals surface area contributed by atoms with Gasteiger partial charge in [-0.1, -0.05) is 29.8 Å². The van der Waals surface area contributed by atoms with E-state index in [4.69, 9.17) is 11.6 Å². The lowest BCUT2D eigenvalue weighted by Crippen LogP contribution is -2.33. The maximum Gasteiger partial charge on any atom is 0.244 e. The number of rotatable bonds is 6. The minimum absolute atomic E-state index is 0.0998. The number of nitrogens with one attached hydrogen (secondary N) is 2. The van der Waals surface area contributed by atoms with Crippen molar-refractivity contribution >= 4 is 21.6 Å². The first kappa shape index (κ1) is 20.4. The van der Waals surface area contributed by atoms with Crippen molar-refractivity contribution < 1.29 is 8.42 Å². The Labute approximate surface area is 168 Å². The second kappa shape index (κ2) is 7.61. The van der Waals surface area contributed by atoms with Gasteiger partial charge in [0.2, 0.25) is 10.0 Å². The van der Waals surface area contributed by atoms with E-state index >= 15 is 0 Å². The number of aromatic nitrogens is 6. The van der Waals surface area contributed by atoms with Crippen LogP contribution in [0.25, 0.3) is 0 Å². The van der Waals surface area contributed by atoms with Crippen LogP contribution in [0.2, 0.25) is 5.02 Å². The maximum absolute atomic E-state index is 13.1. The zero-order chi connectivity index (χ0) is 20.6. The van der Waals surface area contributed by atoms with Gasteiger partial charge in [0.1, 0.15) is 4.90 Å². The summed E-state index contributed by atoms with van der Waals surface area (Å²) in [6, 6.07) is 2.96. The van der Waals surface area contributed by atoms with E-state index in [-0.39, 0.29) is 16.6 Å². The second-order valence-corrected chi connectivity index (χ2v) is 8.90. The van der Waals surface area contributed by atoms with E-state index < -0.39 is 16.1 Å². The van der Waals surface area contributed by atoms with Gasteiger partial charge in [-0.2, -0.15) is 15.0 Å². The first-order valence-electron chi connectivity index (χ1n) is 8.63. The molecule has 2 aromatic heterocycles. The molecule has 3 aromatic rings. The van der Waals surface area contributed by atoms with Gasteiger partial charge in [0.15, 0.2) is 5.82 Å². The van der Waals surface area contributed by atoms with E-state index in [2.05, 4.69) is 30.4 Å². The summed E-state index contributed by atoms with van der Waals surface area (Å²) >= 11 is 6.46. The number of sulfonamides is 1. The third-order valence-electron chi connectivity index (χ3n) is 4.87. The van der Waals surface area contributed by atoms with Crippen molar-refractivity contribution in [3.05, 3.63) is 51.6 Å². The Kier molecular flexibility index (Phi) is 5.55. The smallest absolute Gasteiger partial charge is 0.244 e. The number of benzene rings is 1. The van der Waals surface area contributed by atoms with Crippen LogP contribution in [0.5, 0.6) is 0 Å². The molecule has 0 spiro atoms. The molecule has 11 heteroatoms. The number of aromatic amines is 1. The summed E-state index contributed by atoms with van der Waals surface area (Å²) < 4.78 is 30.3. The van der Waals surface area contributed by atoms with Crippen molar-refractivity contribution in [3.63, 3.8) is 0 Å². The molecule has 0 aliphatic heterocycles. The van der Waals surface area contributed by atoms with Gasteiger partial charge in [-0.05, 0) is 43.5 Å². The highest BCUT2D eigenvalue weighted by Gasteiger charge is 2.33. The minimum Gasteiger partial charge on any atom is -0.274 e. The molecule has 0 bridgehead atoms. The molecule has 3 rings (SSSR count). The SMILES string of the molecule is Cc1ccc(Cl)c([C@@H](C)[C@H](NS(=O)(=O)c2cn(C)nc2C)c2nn[nH]n2)c1C. The zero-order valence-electron chi connectivity index (χ0n) is 16.2. The highest BCUT2D eigenvalue weighted by atomic mass is 35.5. The molecule has 2 heterocycles. The summed E-state index contributed by atoms with van der Waals surface area (Å²) in [5, 5.41) is 18.7. The summed E-state index contributed by atoms with van der Waals surface area (Å²) in [6.07, 6.45) is 1.46. The lowest BCUT2D eigenvalue weighted by atomic mass is 9.88. The lowest BCUT2D eigenvalue weighted by molar-refractivity contribution is 0.496. The number of H-pyrrole nitrogens is 1. The van der Waals surface area contributed by atoms with Crippen LogP contribution in [0.1, 0.15) is 47.1 Å². The van der Waals surface area contributed by atoms with Crippen LogP contribution in [-0.4, -0.2) is 38.8 Å². The first-order valence-corrected chi connectivity index (χ1v) is 10.5. The Balaban J connectivity index is 2.07. The Morgan fingerprint density at radius 1 is 1.25 bits per heavy atom. The molecule has 28 heavy (non-hydrogen) atoms. The number of hydrogen-bond acceptors (Lipinski definition) is 6. The molecule has 1 aromatic carbocycles. The number of tetrazole rings is 1. The Hall–Kier alpha value is -2.30. The van der Waals surface area contributed by atoms with Gasteiger partial charge in [0.25, 0.3) is 0 Å². The predicted octanol–water partition coefficient (Wildman–Crippen LogP) is 2.34. The number of aryl methyl sites for hydroxylation is 3. The zero-order valence-corrected chi connectivity index (χ0v) is 17.8. The van der Waals surface area contributed by atoms with Crippen molar-refractivity contribution in [2.24, 2.45) is 7.05 Å². The van der Waals surface area contributed by atoms with Crippen LogP contribution in [0.4, 0.5) is 0 Å². The van der Waals surface area contributed by atoms with E-state index in [9.17, 15) is 8.42 Å². The van der Waals surface area contributed by atoms with Crippen molar-refractivity contribution in [1.29, 1.82) is 0 Å². The van der Waals surface area contributed by atoms with Gasteiger partial charge >= 0.3 is 0 Å². The van der Waals surface area contributed by atoms with Crippen molar-refractivity contribution in [2.45, 2.75) is 44.6 Å². The van der Waals surface area contributed by atoms with Crippen LogP contribution in [0, 0.1) is 20.8 Å².